The zero-order chi connectivity index (χ0) is 23.4. The Morgan fingerprint density at radius 2 is 1.62 bits per heavy atom. The van der Waals surface area contributed by atoms with Crippen LogP contribution in [0.4, 0.5) is 4.39 Å². The lowest BCUT2D eigenvalue weighted by molar-refractivity contribution is 0.0684. The molecular weight excluding hydrogens is 473 g/mol. The molecular formula is C25H18FN3O3S2. The molecule has 1 aliphatic carbocycles. The molecule has 4 aromatic rings. The van der Waals surface area contributed by atoms with Crippen molar-refractivity contribution in [3.63, 3.8) is 0 Å². The number of rotatable bonds is 4. The fraction of sp³-hybridized carbons (Fsp3) is 0.200. The summed E-state index contributed by atoms with van der Waals surface area (Å²) in [6.07, 6.45) is 3.80. The number of thioether (sulfide) groups is 1. The quantitative estimate of drug-likeness (QED) is 0.233. The van der Waals surface area contributed by atoms with Crippen molar-refractivity contribution >= 4 is 45.1 Å². The van der Waals surface area contributed by atoms with Crippen molar-refractivity contribution in [3.05, 3.63) is 86.3 Å². The van der Waals surface area contributed by atoms with Crippen LogP contribution in [0.1, 0.15) is 44.0 Å². The van der Waals surface area contributed by atoms with Gasteiger partial charge in [0.2, 0.25) is 0 Å². The standard InChI is InChI=1S/C25H18FN3O3S2/c26-17-10-4-5-11-18(17)29-24(32)20-16-9-3-6-12-19(16)34-21(20)27-25(29)33-13-28-22(30)14-7-1-2-8-15(14)23(28)31/h1-2,4-5,7-8,10-11H,3,6,9,12-13H2. The molecule has 0 fully saturated rings. The molecule has 0 spiro atoms. The van der Waals surface area contributed by atoms with Gasteiger partial charge in [0, 0.05) is 4.88 Å². The lowest BCUT2D eigenvalue weighted by atomic mass is 9.97. The van der Waals surface area contributed by atoms with E-state index >= 15 is 0 Å². The van der Waals surface area contributed by atoms with Crippen LogP contribution in [-0.4, -0.2) is 32.1 Å². The summed E-state index contributed by atoms with van der Waals surface area (Å²) in [5.74, 6) is -1.36. The van der Waals surface area contributed by atoms with Crippen LogP contribution in [0.5, 0.6) is 0 Å². The van der Waals surface area contributed by atoms with Gasteiger partial charge in [-0.15, -0.1) is 11.3 Å². The third-order valence-electron chi connectivity index (χ3n) is 6.25. The first-order valence-electron chi connectivity index (χ1n) is 10.9. The number of thiophene rings is 1. The molecule has 0 saturated heterocycles. The summed E-state index contributed by atoms with van der Waals surface area (Å²) in [7, 11) is 0. The fourth-order valence-corrected chi connectivity index (χ4v) is 6.86. The van der Waals surface area contributed by atoms with Gasteiger partial charge in [0.15, 0.2) is 5.16 Å². The van der Waals surface area contributed by atoms with E-state index in [2.05, 4.69) is 0 Å². The number of fused-ring (bicyclic) bond motifs is 4. The van der Waals surface area contributed by atoms with Crippen LogP contribution >= 0.6 is 23.1 Å². The number of hydrogen-bond acceptors (Lipinski definition) is 6. The molecule has 6 nitrogen and oxygen atoms in total. The molecule has 2 amide bonds. The number of benzene rings is 2. The van der Waals surface area contributed by atoms with Gasteiger partial charge in [-0.25, -0.2) is 9.37 Å². The minimum atomic E-state index is -0.544. The Labute approximate surface area is 202 Å². The highest BCUT2D eigenvalue weighted by molar-refractivity contribution is 7.99. The van der Waals surface area contributed by atoms with Crippen LogP contribution in [0.2, 0.25) is 0 Å². The van der Waals surface area contributed by atoms with Crippen LogP contribution in [-0.2, 0) is 12.8 Å². The Balaban J connectivity index is 1.46. The first-order valence-corrected chi connectivity index (χ1v) is 12.7. The first kappa shape index (κ1) is 21.2. The Morgan fingerprint density at radius 1 is 0.941 bits per heavy atom. The fourth-order valence-electron chi connectivity index (χ4n) is 4.61. The van der Waals surface area contributed by atoms with E-state index in [1.165, 1.54) is 28.0 Å². The highest BCUT2D eigenvalue weighted by atomic mass is 32.2. The highest BCUT2D eigenvalue weighted by Crippen LogP contribution is 2.36. The zero-order valence-corrected chi connectivity index (χ0v) is 19.5. The lowest BCUT2D eigenvalue weighted by Crippen LogP contribution is -2.30. The molecule has 0 N–H and O–H groups in total. The van der Waals surface area contributed by atoms with Gasteiger partial charge in [-0.2, -0.15) is 0 Å². The van der Waals surface area contributed by atoms with Crippen LogP contribution < -0.4 is 5.56 Å². The van der Waals surface area contributed by atoms with Gasteiger partial charge in [0.25, 0.3) is 17.4 Å². The Hall–Kier alpha value is -3.30. The van der Waals surface area contributed by atoms with Gasteiger partial charge >= 0.3 is 0 Å². The molecule has 0 unspecified atom stereocenters. The predicted molar refractivity (Wildman–Crippen MR) is 129 cm³/mol. The summed E-state index contributed by atoms with van der Waals surface area (Å²) in [5.41, 5.74) is 1.51. The minimum absolute atomic E-state index is 0.0379. The molecule has 6 rings (SSSR count). The zero-order valence-electron chi connectivity index (χ0n) is 17.9. The van der Waals surface area contributed by atoms with E-state index in [-0.39, 0.29) is 34.1 Å². The van der Waals surface area contributed by atoms with Crippen molar-refractivity contribution in [3.8, 4) is 5.69 Å². The van der Waals surface area contributed by atoms with Gasteiger partial charge in [0.1, 0.15) is 10.6 Å². The van der Waals surface area contributed by atoms with Crippen molar-refractivity contribution in [2.75, 3.05) is 5.88 Å². The number of para-hydroxylation sites is 1. The summed E-state index contributed by atoms with van der Waals surface area (Å²) in [4.78, 5) is 47.0. The SMILES string of the molecule is O=C1c2ccccc2C(=O)N1CSc1nc2sc3c(c2c(=O)n1-c1ccccc1F)CCCC3. The molecule has 2 aromatic carbocycles. The number of carbonyl (C=O) groups is 2. The monoisotopic (exact) mass is 491 g/mol. The highest BCUT2D eigenvalue weighted by Gasteiger charge is 2.35. The topological polar surface area (TPSA) is 72.3 Å². The number of nitrogens with zero attached hydrogens (tertiary/aromatic N) is 3. The third-order valence-corrected chi connectivity index (χ3v) is 8.36. The van der Waals surface area contributed by atoms with E-state index in [0.29, 0.717) is 21.3 Å². The van der Waals surface area contributed by atoms with Crippen LogP contribution in [0.25, 0.3) is 15.9 Å². The first-order chi connectivity index (χ1) is 16.5. The Bertz CT molecular complexity index is 1520. The number of amides is 2. The molecule has 9 heteroatoms. The summed E-state index contributed by atoms with van der Waals surface area (Å²) in [6, 6.07) is 12.7. The second-order valence-corrected chi connectivity index (χ2v) is 10.2. The average Bonchev–Trinajstić information content (AvgIpc) is 3.34. The van der Waals surface area contributed by atoms with Crippen LogP contribution in [0, 0.1) is 5.82 Å². The summed E-state index contributed by atoms with van der Waals surface area (Å²) in [5, 5.41) is 0.797. The van der Waals surface area contributed by atoms with Crippen molar-refractivity contribution in [1.29, 1.82) is 0 Å². The number of imide groups is 1. The second kappa shape index (κ2) is 8.18. The molecule has 34 heavy (non-hydrogen) atoms. The maximum Gasteiger partial charge on any atom is 0.267 e. The van der Waals surface area contributed by atoms with Gasteiger partial charge < -0.3 is 0 Å². The molecule has 170 valence electrons. The second-order valence-electron chi connectivity index (χ2n) is 8.23. The van der Waals surface area contributed by atoms with Gasteiger partial charge in [-0.3, -0.25) is 23.9 Å². The number of carbonyl (C=O) groups excluding carboxylic acids is 2. The van der Waals surface area contributed by atoms with Crippen molar-refractivity contribution in [2.45, 2.75) is 30.8 Å². The van der Waals surface area contributed by atoms with E-state index in [9.17, 15) is 18.8 Å². The maximum atomic E-state index is 14.8. The van der Waals surface area contributed by atoms with Gasteiger partial charge in [-0.05, 0) is 55.5 Å². The van der Waals surface area contributed by atoms with Crippen molar-refractivity contribution in [2.24, 2.45) is 0 Å². The molecule has 0 saturated carbocycles. The van der Waals surface area contributed by atoms with E-state index in [0.717, 1.165) is 52.8 Å². The van der Waals surface area contributed by atoms with E-state index in [4.69, 9.17) is 4.98 Å². The molecule has 2 aromatic heterocycles. The van der Waals surface area contributed by atoms with Gasteiger partial charge in [0.05, 0.1) is 28.1 Å². The molecule has 3 heterocycles. The largest absolute Gasteiger partial charge is 0.269 e. The van der Waals surface area contributed by atoms with Crippen LogP contribution in [0.3, 0.4) is 0 Å². The molecule has 0 radical (unpaired) electrons. The number of hydrogen-bond donors (Lipinski definition) is 0. The number of aryl methyl sites for hydroxylation is 2. The van der Waals surface area contributed by atoms with Crippen molar-refractivity contribution in [1.82, 2.24) is 14.5 Å². The normalized spacial score (nSPS) is 15.1. The summed E-state index contributed by atoms with van der Waals surface area (Å²) >= 11 is 2.58. The minimum Gasteiger partial charge on any atom is -0.269 e. The smallest absolute Gasteiger partial charge is 0.267 e. The van der Waals surface area contributed by atoms with Gasteiger partial charge in [-0.1, -0.05) is 36.0 Å². The summed E-state index contributed by atoms with van der Waals surface area (Å²) in [6.45, 7) is 0. The number of aromatic nitrogens is 2. The Morgan fingerprint density at radius 3 is 2.35 bits per heavy atom. The Kier molecular flexibility index (Phi) is 5.11. The van der Waals surface area contributed by atoms with Crippen molar-refractivity contribution < 1.29 is 14.0 Å². The molecule has 1 aliphatic heterocycles. The van der Waals surface area contributed by atoms with E-state index in [1.54, 1.807) is 36.4 Å². The molecule has 0 bridgehead atoms. The number of halogens is 1. The lowest BCUT2D eigenvalue weighted by Gasteiger charge is -2.16. The maximum absolute atomic E-state index is 14.8. The summed E-state index contributed by atoms with van der Waals surface area (Å²) < 4.78 is 16.1. The van der Waals surface area contributed by atoms with Crippen LogP contribution in [0.15, 0.2) is 58.5 Å². The molecule has 2 aliphatic rings. The third kappa shape index (κ3) is 3.22. The van der Waals surface area contributed by atoms with E-state index in [1.807, 2.05) is 0 Å². The van der Waals surface area contributed by atoms with E-state index < -0.39 is 5.82 Å². The predicted octanol–water partition coefficient (Wildman–Crippen LogP) is 4.81. The molecule has 0 atom stereocenters. The average molecular weight is 492 g/mol.